The van der Waals surface area contributed by atoms with Crippen LogP contribution >= 0.6 is 7.82 Å². The van der Waals surface area contributed by atoms with E-state index in [1.54, 1.807) is 0 Å². The lowest BCUT2D eigenvalue weighted by atomic mass is 10.1. The van der Waals surface area contributed by atoms with E-state index in [1.807, 2.05) is 21.1 Å². The first kappa shape index (κ1) is 50.7. The largest absolute Gasteiger partial charge is 0.472 e. The van der Waals surface area contributed by atoms with Crippen molar-refractivity contribution < 1.29 is 37.3 Å². The SMILES string of the molecule is CCCCC/C=C\C/C=C\C/C=C\CCCCCCCCCOCC(COP(=O)(O)OCC[N+](C)(C)C)OC(=O)CCCCCCCCCCCC. The number of quaternary nitrogens is 1. The van der Waals surface area contributed by atoms with Crippen LogP contribution in [0.15, 0.2) is 36.5 Å². The lowest BCUT2D eigenvalue weighted by Gasteiger charge is -2.24. The van der Waals surface area contributed by atoms with E-state index in [-0.39, 0.29) is 25.8 Å². The predicted octanol–water partition coefficient (Wildman–Crippen LogP) is 12.2. The highest BCUT2D eigenvalue weighted by Crippen LogP contribution is 2.43. The number of hydrogen-bond donors (Lipinski definition) is 1. The molecule has 0 bridgehead atoms. The summed E-state index contributed by atoms with van der Waals surface area (Å²) in [6, 6.07) is 0. The molecule has 9 heteroatoms. The lowest BCUT2D eigenvalue weighted by molar-refractivity contribution is -0.870. The second kappa shape index (κ2) is 36.7. The van der Waals surface area contributed by atoms with Crippen molar-refractivity contribution in [3.05, 3.63) is 36.5 Å². The highest BCUT2D eigenvalue weighted by Gasteiger charge is 2.26. The number of rotatable bonds is 39. The first-order valence-electron chi connectivity index (χ1n) is 21.2. The van der Waals surface area contributed by atoms with E-state index in [1.165, 1.54) is 103 Å². The molecule has 0 rings (SSSR count). The van der Waals surface area contributed by atoms with E-state index < -0.39 is 13.9 Å². The maximum Gasteiger partial charge on any atom is 0.472 e. The predicted molar refractivity (Wildman–Crippen MR) is 220 cm³/mol. The Morgan fingerprint density at radius 3 is 1.62 bits per heavy atom. The summed E-state index contributed by atoms with van der Waals surface area (Å²) in [6.07, 6.45) is 41.7. The summed E-state index contributed by atoms with van der Waals surface area (Å²) >= 11 is 0. The van der Waals surface area contributed by atoms with Crippen LogP contribution in [0.5, 0.6) is 0 Å². The number of carbonyl (C=O) groups excluding carboxylic acids is 1. The van der Waals surface area contributed by atoms with Crippen LogP contribution in [0.2, 0.25) is 0 Å². The van der Waals surface area contributed by atoms with Crippen molar-refractivity contribution in [2.75, 3.05) is 54.1 Å². The molecule has 0 saturated heterocycles. The standard InChI is InChI=1S/C43H82NO7P/c1-6-8-10-12-14-16-18-19-20-21-22-23-24-25-26-27-29-31-33-35-38-48-40-42(41-50-52(46,47)49-39-37-44(3,4)5)51-43(45)36-34-32-30-28-17-15-13-11-9-7-2/h14,16,19-20,22-23,42H,6-13,15,17-18,21,24-41H2,1-5H3/p+1/b16-14-,20-19-,23-22-. The minimum atomic E-state index is -4.27. The second-order valence-electron chi connectivity index (χ2n) is 15.4. The zero-order valence-corrected chi connectivity index (χ0v) is 35.4. The Morgan fingerprint density at radius 1 is 0.596 bits per heavy atom. The van der Waals surface area contributed by atoms with E-state index in [2.05, 4.69) is 50.3 Å². The quantitative estimate of drug-likeness (QED) is 0.0219. The van der Waals surface area contributed by atoms with Gasteiger partial charge in [-0.1, -0.05) is 153 Å². The molecule has 2 unspecified atom stereocenters. The summed E-state index contributed by atoms with van der Waals surface area (Å²) in [5, 5.41) is 0. The zero-order valence-electron chi connectivity index (χ0n) is 34.5. The topological polar surface area (TPSA) is 91.3 Å². The molecule has 0 spiro atoms. The van der Waals surface area contributed by atoms with Gasteiger partial charge in [-0.2, -0.15) is 0 Å². The fraction of sp³-hybridized carbons (Fsp3) is 0.837. The van der Waals surface area contributed by atoms with Gasteiger partial charge in [-0.25, -0.2) is 4.57 Å². The summed E-state index contributed by atoms with van der Waals surface area (Å²) in [5.74, 6) is -0.320. The summed E-state index contributed by atoms with van der Waals surface area (Å²) in [5.41, 5.74) is 0. The molecular formula is C43H83NO7P+. The Hall–Kier alpha value is -1.28. The number of ether oxygens (including phenoxy) is 2. The molecule has 0 fully saturated rings. The van der Waals surface area contributed by atoms with Crippen molar-refractivity contribution in [1.29, 1.82) is 0 Å². The van der Waals surface area contributed by atoms with Crippen LogP contribution < -0.4 is 0 Å². The Bertz CT molecular complexity index is 931. The molecule has 52 heavy (non-hydrogen) atoms. The Balaban J connectivity index is 4.20. The summed E-state index contributed by atoms with van der Waals surface area (Å²) in [7, 11) is 1.66. The molecule has 0 aromatic heterocycles. The fourth-order valence-electron chi connectivity index (χ4n) is 5.62. The van der Waals surface area contributed by atoms with Gasteiger partial charge in [0.15, 0.2) is 0 Å². The van der Waals surface area contributed by atoms with Crippen LogP contribution in [0.1, 0.15) is 174 Å². The van der Waals surface area contributed by atoms with Crippen LogP contribution in [0.3, 0.4) is 0 Å². The highest BCUT2D eigenvalue weighted by atomic mass is 31.2. The van der Waals surface area contributed by atoms with Crippen LogP contribution in [0.4, 0.5) is 0 Å². The molecule has 1 N–H and O–H groups in total. The maximum absolute atomic E-state index is 12.6. The third-order valence-electron chi connectivity index (χ3n) is 8.95. The molecular weight excluding hydrogens is 673 g/mol. The van der Waals surface area contributed by atoms with Crippen LogP contribution in [0.25, 0.3) is 0 Å². The molecule has 0 saturated carbocycles. The molecule has 0 aliphatic rings. The Labute approximate surface area is 321 Å². The first-order valence-corrected chi connectivity index (χ1v) is 22.7. The first-order chi connectivity index (χ1) is 25.1. The van der Waals surface area contributed by atoms with Gasteiger partial charge < -0.3 is 18.9 Å². The number of hydrogen-bond acceptors (Lipinski definition) is 6. The molecule has 306 valence electrons. The van der Waals surface area contributed by atoms with Gasteiger partial charge in [-0.05, 0) is 51.4 Å². The van der Waals surface area contributed by atoms with E-state index in [0.29, 0.717) is 24.1 Å². The lowest BCUT2D eigenvalue weighted by Crippen LogP contribution is -2.37. The fourth-order valence-corrected chi connectivity index (χ4v) is 6.36. The molecule has 8 nitrogen and oxygen atoms in total. The van der Waals surface area contributed by atoms with Crippen molar-refractivity contribution in [3.8, 4) is 0 Å². The second-order valence-corrected chi connectivity index (χ2v) is 16.8. The number of nitrogens with zero attached hydrogens (tertiary/aromatic N) is 1. The average molecular weight is 757 g/mol. The van der Waals surface area contributed by atoms with E-state index >= 15 is 0 Å². The number of phosphoric ester groups is 1. The zero-order chi connectivity index (χ0) is 38.4. The Morgan fingerprint density at radius 2 is 1.06 bits per heavy atom. The minimum Gasteiger partial charge on any atom is -0.457 e. The molecule has 0 aromatic rings. The minimum absolute atomic E-state index is 0.0869. The molecule has 0 heterocycles. The summed E-state index contributed by atoms with van der Waals surface area (Å²) in [6.45, 7) is 5.56. The van der Waals surface area contributed by atoms with Crippen molar-refractivity contribution in [3.63, 3.8) is 0 Å². The monoisotopic (exact) mass is 757 g/mol. The van der Waals surface area contributed by atoms with Crippen LogP contribution in [0, 0.1) is 0 Å². The number of phosphoric acid groups is 1. The number of unbranched alkanes of at least 4 members (excludes halogenated alkanes) is 19. The third-order valence-corrected chi connectivity index (χ3v) is 9.94. The van der Waals surface area contributed by atoms with Gasteiger partial charge >= 0.3 is 13.8 Å². The van der Waals surface area contributed by atoms with Gasteiger partial charge in [0.25, 0.3) is 0 Å². The van der Waals surface area contributed by atoms with Crippen molar-refractivity contribution in [2.45, 2.75) is 180 Å². The van der Waals surface area contributed by atoms with Crippen molar-refractivity contribution in [2.24, 2.45) is 0 Å². The smallest absolute Gasteiger partial charge is 0.457 e. The van der Waals surface area contributed by atoms with Crippen molar-refractivity contribution >= 4 is 13.8 Å². The maximum atomic E-state index is 12.6. The normalized spacial score (nSPS) is 14.2. The van der Waals surface area contributed by atoms with Gasteiger partial charge in [0.1, 0.15) is 19.3 Å². The summed E-state index contributed by atoms with van der Waals surface area (Å²) < 4.78 is 34.9. The highest BCUT2D eigenvalue weighted by molar-refractivity contribution is 7.47. The van der Waals surface area contributed by atoms with Gasteiger partial charge in [-0.15, -0.1) is 0 Å². The number of carbonyl (C=O) groups is 1. The molecule has 0 aliphatic carbocycles. The average Bonchev–Trinajstić information content (AvgIpc) is 3.09. The van der Waals surface area contributed by atoms with Crippen LogP contribution in [-0.4, -0.2) is 75.6 Å². The molecule has 0 aromatic carbocycles. The number of allylic oxidation sites excluding steroid dienone is 6. The molecule has 0 aliphatic heterocycles. The van der Waals surface area contributed by atoms with E-state index in [9.17, 15) is 14.3 Å². The van der Waals surface area contributed by atoms with Gasteiger partial charge in [-0.3, -0.25) is 13.8 Å². The number of esters is 1. The van der Waals surface area contributed by atoms with Crippen molar-refractivity contribution in [1.82, 2.24) is 0 Å². The molecule has 2 atom stereocenters. The Kier molecular flexibility index (Phi) is 35.8. The van der Waals surface area contributed by atoms with Gasteiger partial charge in [0, 0.05) is 13.0 Å². The molecule has 0 amide bonds. The van der Waals surface area contributed by atoms with Gasteiger partial charge in [0.05, 0.1) is 34.4 Å². The summed E-state index contributed by atoms with van der Waals surface area (Å²) in [4.78, 5) is 22.8. The number of likely N-dealkylation sites (N-methyl/N-ethyl adjacent to an activating group) is 1. The molecule has 0 radical (unpaired) electrons. The van der Waals surface area contributed by atoms with E-state index in [4.69, 9.17) is 18.5 Å². The third kappa shape index (κ3) is 39.9. The van der Waals surface area contributed by atoms with Gasteiger partial charge in [0.2, 0.25) is 0 Å². The van der Waals surface area contributed by atoms with E-state index in [0.717, 1.165) is 51.4 Å². The van der Waals surface area contributed by atoms with Crippen LogP contribution in [-0.2, 0) is 27.9 Å².